The topological polar surface area (TPSA) is 95.9 Å². The number of amides is 2. The molecule has 1 aliphatic carbocycles. The van der Waals surface area contributed by atoms with Crippen LogP contribution < -0.4 is 10.1 Å². The molecule has 0 bridgehead atoms. The van der Waals surface area contributed by atoms with Gasteiger partial charge in [-0.15, -0.1) is 11.8 Å². The normalized spacial score (nSPS) is 29.4. The smallest absolute Gasteiger partial charge is 0.327 e. The summed E-state index contributed by atoms with van der Waals surface area (Å²) in [4.78, 5) is 40.9. The van der Waals surface area contributed by atoms with Crippen LogP contribution in [0.25, 0.3) is 0 Å². The van der Waals surface area contributed by atoms with Gasteiger partial charge in [0.25, 0.3) is 0 Å². The summed E-state index contributed by atoms with van der Waals surface area (Å²) < 4.78 is 5.29. The fraction of sp³-hybridized carbons (Fsp3) is 0.500. The van der Waals surface area contributed by atoms with Gasteiger partial charge in [-0.3, -0.25) is 9.59 Å². The van der Waals surface area contributed by atoms with Crippen molar-refractivity contribution < 1.29 is 24.2 Å². The van der Waals surface area contributed by atoms with Gasteiger partial charge in [-0.2, -0.15) is 0 Å². The first-order valence-corrected chi connectivity index (χ1v) is 14.4. The third kappa shape index (κ3) is 4.46. The Bertz CT molecular complexity index is 1220. The fourth-order valence-corrected chi connectivity index (χ4v) is 8.19. The second kappa shape index (κ2) is 10.3. The van der Waals surface area contributed by atoms with Crippen molar-refractivity contribution in [2.24, 2.45) is 5.92 Å². The number of aliphatic carboxylic acids is 1. The summed E-state index contributed by atoms with van der Waals surface area (Å²) >= 11 is 1.45. The number of carbonyl (C=O) groups is 3. The Labute approximate surface area is 228 Å². The lowest BCUT2D eigenvalue weighted by molar-refractivity contribution is -0.161. The number of benzene rings is 2. The van der Waals surface area contributed by atoms with E-state index in [4.69, 9.17) is 4.74 Å². The van der Waals surface area contributed by atoms with Crippen molar-refractivity contribution in [3.8, 4) is 5.75 Å². The molecule has 2 aromatic carbocycles. The molecule has 3 fully saturated rings. The van der Waals surface area contributed by atoms with Crippen molar-refractivity contribution in [1.82, 2.24) is 10.2 Å². The molecule has 5 rings (SSSR count). The van der Waals surface area contributed by atoms with Crippen molar-refractivity contribution in [3.05, 3.63) is 65.7 Å². The monoisotopic (exact) mass is 536 g/mol. The van der Waals surface area contributed by atoms with Gasteiger partial charge >= 0.3 is 5.97 Å². The maximum Gasteiger partial charge on any atom is 0.327 e. The van der Waals surface area contributed by atoms with E-state index in [9.17, 15) is 19.5 Å². The molecule has 2 aliphatic heterocycles. The number of carboxylic acids is 1. The largest absolute Gasteiger partial charge is 0.494 e. The summed E-state index contributed by atoms with van der Waals surface area (Å²) in [5, 5.41) is 12.5. The van der Waals surface area contributed by atoms with Gasteiger partial charge in [0.15, 0.2) is 0 Å². The van der Waals surface area contributed by atoms with E-state index in [0.717, 1.165) is 37.0 Å². The zero-order valence-electron chi connectivity index (χ0n) is 22.2. The summed E-state index contributed by atoms with van der Waals surface area (Å²) in [5.74, 6) is -0.690. The lowest BCUT2D eigenvalue weighted by Crippen LogP contribution is -2.72. The van der Waals surface area contributed by atoms with Crippen LogP contribution in [0.5, 0.6) is 5.75 Å². The van der Waals surface area contributed by atoms with E-state index in [1.807, 2.05) is 56.3 Å². The van der Waals surface area contributed by atoms with Crippen LogP contribution in [0, 0.1) is 5.92 Å². The first-order valence-electron chi connectivity index (χ1n) is 13.5. The molecule has 8 heteroatoms. The number of hydrogen-bond acceptors (Lipinski definition) is 5. The highest BCUT2D eigenvalue weighted by molar-refractivity contribution is 8.01. The molecular weight excluding hydrogens is 500 g/mol. The van der Waals surface area contributed by atoms with Crippen LogP contribution in [0.3, 0.4) is 0 Å². The number of fused-ring (bicyclic) bond motifs is 1. The number of hydrogen-bond donors (Lipinski definition) is 2. The summed E-state index contributed by atoms with van der Waals surface area (Å²) in [6.07, 6.45) is 4.13. The van der Waals surface area contributed by atoms with Crippen LogP contribution in [0.1, 0.15) is 57.6 Å². The summed E-state index contributed by atoms with van der Waals surface area (Å²) in [6.45, 7) is 6.35. The molecule has 5 atom stereocenters. The first-order chi connectivity index (χ1) is 18.2. The highest BCUT2D eigenvalue weighted by atomic mass is 32.2. The molecule has 0 aromatic heterocycles. The van der Waals surface area contributed by atoms with Gasteiger partial charge in [-0.1, -0.05) is 55.8 Å². The van der Waals surface area contributed by atoms with Gasteiger partial charge in [0.05, 0.1) is 12.0 Å². The number of carboxylic acid groups (broad SMARTS) is 1. The molecule has 0 spiro atoms. The van der Waals surface area contributed by atoms with E-state index in [0.29, 0.717) is 13.0 Å². The van der Waals surface area contributed by atoms with Gasteiger partial charge in [-0.05, 0) is 68.7 Å². The van der Waals surface area contributed by atoms with E-state index in [2.05, 4.69) is 24.4 Å². The molecule has 2 aromatic rings. The van der Waals surface area contributed by atoms with Crippen molar-refractivity contribution in [3.63, 3.8) is 0 Å². The molecule has 7 nitrogen and oxygen atoms in total. The Morgan fingerprint density at radius 1 is 1.16 bits per heavy atom. The molecule has 0 radical (unpaired) electrons. The maximum absolute atomic E-state index is 14.4. The van der Waals surface area contributed by atoms with Crippen molar-refractivity contribution >= 4 is 29.5 Å². The second-order valence-corrected chi connectivity index (χ2v) is 12.9. The maximum atomic E-state index is 14.4. The van der Waals surface area contributed by atoms with E-state index < -0.39 is 28.2 Å². The number of thioether (sulfide) groups is 1. The van der Waals surface area contributed by atoms with Gasteiger partial charge in [-0.25, -0.2) is 4.79 Å². The Hall–Kier alpha value is -3.00. The number of nitrogens with zero attached hydrogens (tertiary/aromatic N) is 1. The number of carbonyl (C=O) groups excluding carboxylic acids is 2. The Morgan fingerprint density at radius 3 is 2.63 bits per heavy atom. The minimum absolute atomic E-state index is 0.0528. The van der Waals surface area contributed by atoms with Gasteiger partial charge in [0.1, 0.15) is 23.2 Å². The van der Waals surface area contributed by atoms with Crippen LogP contribution in [0.4, 0.5) is 0 Å². The zero-order valence-corrected chi connectivity index (χ0v) is 23.0. The molecule has 202 valence electrons. The molecule has 2 amide bonds. The fourth-order valence-electron chi connectivity index (χ4n) is 6.56. The Morgan fingerprint density at radius 2 is 1.92 bits per heavy atom. The molecule has 3 aliphatic rings. The Balaban J connectivity index is 1.47. The minimum atomic E-state index is -1.01. The standard InChI is InChI=1S/C30H36N2O5S/c1-4-16-37-22-14-8-12-21(18-22)30(15-9-13-20(30)17-19-10-6-5-7-11-19)28(36)31-23-25(33)32-24(27(34)35)29(2,3)38-26(23)32/h5-8,10-12,14,18,20,23-24,26H,4,9,13,15-17H2,1-3H3,(H,31,36)(H,34,35)/t20-,23-,24+,26-,30+/m1/s1. The van der Waals surface area contributed by atoms with Crippen molar-refractivity contribution in [2.45, 2.75) is 80.5 Å². The highest BCUT2D eigenvalue weighted by Gasteiger charge is 2.65. The van der Waals surface area contributed by atoms with Crippen molar-refractivity contribution in [1.29, 1.82) is 0 Å². The van der Waals surface area contributed by atoms with Gasteiger partial charge in [0.2, 0.25) is 11.8 Å². The van der Waals surface area contributed by atoms with Crippen LogP contribution in [-0.2, 0) is 26.2 Å². The molecular formula is C30H36N2O5S. The molecule has 2 saturated heterocycles. The molecule has 2 heterocycles. The average molecular weight is 537 g/mol. The molecule has 0 unspecified atom stereocenters. The minimum Gasteiger partial charge on any atom is -0.494 e. The Kier molecular flexibility index (Phi) is 7.20. The van der Waals surface area contributed by atoms with E-state index >= 15 is 0 Å². The van der Waals surface area contributed by atoms with E-state index in [-0.39, 0.29) is 23.1 Å². The number of rotatable bonds is 9. The van der Waals surface area contributed by atoms with Crippen LogP contribution in [0.2, 0.25) is 0 Å². The van der Waals surface area contributed by atoms with E-state index in [1.165, 1.54) is 22.2 Å². The third-order valence-corrected chi connectivity index (χ3v) is 9.91. The average Bonchev–Trinajstić information content (AvgIpc) is 3.43. The van der Waals surface area contributed by atoms with E-state index in [1.54, 1.807) is 0 Å². The molecule has 38 heavy (non-hydrogen) atoms. The summed E-state index contributed by atoms with van der Waals surface area (Å²) in [5.41, 5.74) is 1.28. The highest BCUT2D eigenvalue weighted by Crippen LogP contribution is 2.52. The predicted octanol–water partition coefficient (Wildman–Crippen LogP) is 4.39. The molecule has 1 saturated carbocycles. The zero-order chi connectivity index (χ0) is 27.1. The van der Waals surface area contributed by atoms with Crippen LogP contribution >= 0.6 is 11.8 Å². The number of nitrogens with one attached hydrogen (secondary N) is 1. The van der Waals surface area contributed by atoms with Crippen molar-refractivity contribution in [2.75, 3.05) is 6.61 Å². The second-order valence-electron chi connectivity index (χ2n) is 11.2. The summed E-state index contributed by atoms with van der Waals surface area (Å²) in [7, 11) is 0. The third-order valence-electron chi connectivity index (χ3n) is 8.33. The number of ether oxygens (including phenoxy) is 1. The molecule has 2 N–H and O–H groups in total. The van der Waals surface area contributed by atoms with Gasteiger partial charge < -0.3 is 20.1 Å². The first kappa shape index (κ1) is 26.6. The number of β-lactam (4-membered cyclic amide) rings is 1. The lowest BCUT2D eigenvalue weighted by Gasteiger charge is -2.45. The quantitative estimate of drug-likeness (QED) is 0.462. The van der Waals surface area contributed by atoms with Gasteiger partial charge in [0, 0.05) is 4.75 Å². The van der Waals surface area contributed by atoms with Crippen LogP contribution in [-0.4, -0.2) is 56.6 Å². The predicted molar refractivity (Wildman–Crippen MR) is 147 cm³/mol. The van der Waals surface area contributed by atoms with Crippen LogP contribution in [0.15, 0.2) is 54.6 Å². The SMILES string of the molecule is CCCOc1cccc([C@]2(C(=O)N[C@@H]3C(=O)N4[C@@H]3SC(C)(C)[C@@H]4C(=O)O)CCC[C@@H]2Cc2ccccc2)c1. The lowest BCUT2D eigenvalue weighted by atomic mass is 9.69. The summed E-state index contributed by atoms with van der Waals surface area (Å²) in [6, 6.07) is 16.4.